The molecule has 1 amide bonds. The molecule has 1 aromatic rings. The number of carbonyl (C=O) groups excluding carboxylic acids is 1. The highest BCUT2D eigenvalue weighted by Gasteiger charge is 2.16. The maximum absolute atomic E-state index is 12.1. The van der Waals surface area contributed by atoms with E-state index in [1.165, 1.54) is 17.5 Å². The van der Waals surface area contributed by atoms with Crippen molar-refractivity contribution in [1.29, 1.82) is 0 Å². The van der Waals surface area contributed by atoms with Crippen LogP contribution in [-0.2, 0) is 12.8 Å². The normalized spacial score (nSPS) is 14.2. The lowest BCUT2D eigenvalue weighted by molar-refractivity contribution is 0.0948. The second-order valence-corrected chi connectivity index (χ2v) is 6.52. The van der Waals surface area contributed by atoms with Gasteiger partial charge in [0, 0.05) is 18.7 Å². The molecule has 20 heavy (non-hydrogen) atoms. The van der Waals surface area contributed by atoms with Gasteiger partial charge in [0.1, 0.15) is 0 Å². The molecule has 1 aliphatic rings. The van der Waals surface area contributed by atoms with Crippen LogP contribution in [0.3, 0.4) is 0 Å². The van der Waals surface area contributed by atoms with E-state index in [-0.39, 0.29) is 17.9 Å². The minimum Gasteiger partial charge on any atom is -0.396 e. The Balaban J connectivity index is 1.81. The van der Waals surface area contributed by atoms with E-state index in [4.69, 9.17) is 0 Å². The van der Waals surface area contributed by atoms with E-state index in [0.717, 1.165) is 31.2 Å². The maximum atomic E-state index is 12.1. The van der Waals surface area contributed by atoms with Crippen molar-refractivity contribution >= 4 is 5.91 Å². The van der Waals surface area contributed by atoms with Gasteiger partial charge in [-0.05, 0) is 60.8 Å². The third-order valence-electron chi connectivity index (χ3n) is 4.10. The van der Waals surface area contributed by atoms with Crippen molar-refractivity contribution in [3.8, 4) is 0 Å². The third kappa shape index (κ3) is 3.83. The zero-order chi connectivity index (χ0) is 14.6. The smallest absolute Gasteiger partial charge is 0.251 e. The summed E-state index contributed by atoms with van der Waals surface area (Å²) in [5, 5.41) is 12.1. The molecule has 0 atom stereocenters. The Hall–Kier alpha value is -1.35. The summed E-state index contributed by atoms with van der Waals surface area (Å²) in [5.41, 5.74) is 3.44. The molecule has 1 aliphatic carbocycles. The second kappa shape index (κ2) is 6.40. The number of carbonyl (C=O) groups is 1. The van der Waals surface area contributed by atoms with Crippen LogP contribution in [0.4, 0.5) is 0 Å². The van der Waals surface area contributed by atoms with Gasteiger partial charge in [-0.3, -0.25) is 4.79 Å². The molecule has 1 aromatic carbocycles. The first-order valence-electron chi connectivity index (χ1n) is 7.53. The van der Waals surface area contributed by atoms with Gasteiger partial charge in [0.15, 0.2) is 0 Å². The van der Waals surface area contributed by atoms with Gasteiger partial charge in [0.25, 0.3) is 5.91 Å². The Labute approximate surface area is 121 Å². The predicted molar refractivity (Wildman–Crippen MR) is 80.9 cm³/mol. The molecule has 2 N–H and O–H groups in total. The van der Waals surface area contributed by atoms with Gasteiger partial charge in [-0.15, -0.1) is 0 Å². The zero-order valence-electron chi connectivity index (χ0n) is 12.5. The first-order chi connectivity index (χ1) is 9.52. The lowest BCUT2D eigenvalue weighted by Gasteiger charge is -2.21. The fraction of sp³-hybridized carbons (Fsp3) is 0.588. The molecule has 0 fully saturated rings. The minimum absolute atomic E-state index is 0.0153. The van der Waals surface area contributed by atoms with Crippen molar-refractivity contribution in [3.63, 3.8) is 0 Å². The molecule has 0 bridgehead atoms. The van der Waals surface area contributed by atoms with E-state index in [2.05, 4.69) is 11.4 Å². The summed E-state index contributed by atoms with van der Waals surface area (Å²) in [4.78, 5) is 12.1. The minimum atomic E-state index is -0.0572. The summed E-state index contributed by atoms with van der Waals surface area (Å²) in [6, 6.07) is 6.05. The van der Waals surface area contributed by atoms with Gasteiger partial charge in [-0.25, -0.2) is 0 Å². The Bertz CT molecular complexity index is 480. The Morgan fingerprint density at radius 1 is 1.30 bits per heavy atom. The van der Waals surface area contributed by atoms with E-state index in [9.17, 15) is 9.90 Å². The zero-order valence-corrected chi connectivity index (χ0v) is 12.5. The summed E-state index contributed by atoms with van der Waals surface area (Å²) >= 11 is 0. The first-order valence-corrected chi connectivity index (χ1v) is 7.53. The van der Waals surface area contributed by atoms with Crippen LogP contribution in [0.25, 0.3) is 0 Å². The van der Waals surface area contributed by atoms with Crippen LogP contribution in [0, 0.1) is 5.41 Å². The van der Waals surface area contributed by atoms with Crippen LogP contribution in [0.2, 0.25) is 0 Å². The predicted octanol–water partition coefficient (Wildman–Crippen LogP) is 2.70. The van der Waals surface area contributed by atoms with Crippen LogP contribution < -0.4 is 5.32 Å². The van der Waals surface area contributed by atoms with Gasteiger partial charge in [-0.2, -0.15) is 0 Å². The first kappa shape index (κ1) is 15.0. The summed E-state index contributed by atoms with van der Waals surface area (Å²) < 4.78 is 0. The number of fused-ring (bicyclic) bond motifs is 1. The van der Waals surface area contributed by atoms with E-state index in [1.54, 1.807) is 0 Å². The van der Waals surface area contributed by atoms with E-state index < -0.39 is 0 Å². The van der Waals surface area contributed by atoms with Crippen molar-refractivity contribution in [2.45, 2.75) is 46.0 Å². The van der Waals surface area contributed by atoms with Gasteiger partial charge in [0.05, 0.1) is 0 Å². The van der Waals surface area contributed by atoms with Crippen LogP contribution in [0.5, 0.6) is 0 Å². The number of nitrogens with one attached hydrogen (secondary N) is 1. The van der Waals surface area contributed by atoms with Crippen molar-refractivity contribution in [2.75, 3.05) is 13.2 Å². The quantitative estimate of drug-likeness (QED) is 0.784. The van der Waals surface area contributed by atoms with Crippen LogP contribution >= 0.6 is 0 Å². The molecule has 0 aromatic heterocycles. The summed E-state index contributed by atoms with van der Waals surface area (Å²) in [6.07, 6.45) is 5.25. The van der Waals surface area contributed by atoms with Gasteiger partial charge >= 0.3 is 0 Å². The van der Waals surface area contributed by atoms with Crippen molar-refractivity contribution in [3.05, 3.63) is 34.9 Å². The molecule has 0 saturated heterocycles. The van der Waals surface area contributed by atoms with E-state index in [0.29, 0.717) is 6.54 Å². The standard InChI is InChI=1S/C17H25NO2/c1-17(2,12-19)9-4-10-18-16(20)15-8-7-13-5-3-6-14(13)11-15/h7-8,11,19H,3-6,9-10,12H2,1-2H3,(H,18,20). The molecule has 0 heterocycles. The highest BCUT2D eigenvalue weighted by molar-refractivity contribution is 5.94. The molecule has 0 unspecified atom stereocenters. The highest BCUT2D eigenvalue weighted by Crippen LogP contribution is 2.23. The van der Waals surface area contributed by atoms with Crippen molar-refractivity contribution < 1.29 is 9.90 Å². The number of rotatable bonds is 6. The molecule has 3 heteroatoms. The number of amides is 1. The lowest BCUT2D eigenvalue weighted by atomic mass is 9.89. The second-order valence-electron chi connectivity index (χ2n) is 6.52. The molecule has 0 saturated carbocycles. The number of aryl methyl sites for hydroxylation is 2. The van der Waals surface area contributed by atoms with Gasteiger partial charge in [-0.1, -0.05) is 19.9 Å². The Morgan fingerprint density at radius 2 is 2.05 bits per heavy atom. The fourth-order valence-electron chi connectivity index (χ4n) is 2.66. The SMILES string of the molecule is CC(C)(CO)CCCNC(=O)c1ccc2c(c1)CCC2. The molecule has 110 valence electrons. The third-order valence-corrected chi connectivity index (χ3v) is 4.10. The van der Waals surface area contributed by atoms with Crippen molar-refractivity contribution in [1.82, 2.24) is 5.32 Å². The van der Waals surface area contributed by atoms with Crippen LogP contribution in [0.1, 0.15) is 54.6 Å². The van der Waals surface area contributed by atoms with Crippen LogP contribution in [0.15, 0.2) is 18.2 Å². The Kier molecular flexibility index (Phi) is 4.81. The number of hydrogen-bond acceptors (Lipinski definition) is 2. The topological polar surface area (TPSA) is 49.3 Å². The number of aliphatic hydroxyl groups excluding tert-OH is 1. The average Bonchev–Trinajstić information content (AvgIpc) is 2.90. The summed E-state index contributed by atoms with van der Waals surface area (Å²) in [6.45, 7) is 4.93. The van der Waals surface area contributed by atoms with Gasteiger partial charge in [0.2, 0.25) is 0 Å². The monoisotopic (exact) mass is 275 g/mol. The summed E-state index contributed by atoms with van der Waals surface area (Å²) in [7, 11) is 0. The molecular formula is C17H25NO2. The number of benzene rings is 1. The van der Waals surface area contributed by atoms with Gasteiger partial charge < -0.3 is 10.4 Å². The largest absolute Gasteiger partial charge is 0.396 e. The molecule has 3 nitrogen and oxygen atoms in total. The average molecular weight is 275 g/mol. The molecule has 2 rings (SSSR count). The molecule has 0 radical (unpaired) electrons. The number of hydrogen-bond donors (Lipinski definition) is 2. The molecular weight excluding hydrogens is 250 g/mol. The molecule has 0 aliphatic heterocycles. The highest BCUT2D eigenvalue weighted by atomic mass is 16.3. The van der Waals surface area contributed by atoms with E-state index >= 15 is 0 Å². The summed E-state index contributed by atoms with van der Waals surface area (Å²) in [5.74, 6) is 0.0153. The number of aliphatic hydroxyl groups is 1. The molecule has 0 spiro atoms. The van der Waals surface area contributed by atoms with E-state index in [1.807, 2.05) is 26.0 Å². The lowest BCUT2D eigenvalue weighted by Crippen LogP contribution is -2.26. The maximum Gasteiger partial charge on any atom is 0.251 e. The van der Waals surface area contributed by atoms with Crippen LogP contribution in [-0.4, -0.2) is 24.2 Å². The van der Waals surface area contributed by atoms with Crippen molar-refractivity contribution in [2.24, 2.45) is 5.41 Å². The Morgan fingerprint density at radius 3 is 2.80 bits per heavy atom. The fourth-order valence-corrected chi connectivity index (χ4v) is 2.66.